The largest absolute Gasteiger partial charge is 0.257 e. The summed E-state index contributed by atoms with van der Waals surface area (Å²) in [4.78, 5) is 0. The Hall–Kier alpha value is -0.500. The number of hydrogen-bond acceptors (Lipinski definition) is 1. The Morgan fingerprint density at radius 2 is 2.18 bits per heavy atom. The maximum atomic E-state index is 5.97. The molecule has 0 spiro atoms. The van der Waals surface area contributed by atoms with Gasteiger partial charge in [-0.25, -0.2) is 0 Å². The maximum absolute atomic E-state index is 5.97. The first-order valence-electron chi connectivity index (χ1n) is 3.89. The molecule has 1 fully saturated rings. The van der Waals surface area contributed by atoms with Gasteiger partial charge in [-0.1, -0.05) is 11.6 Å². The highest BCUT2D eigenvalue weighted by atomic mass is 35.5. The van der Waals surface area contributed by atoms with Crippen LogP contribution in [0.2, 0.25) is 5.15 Å². The summed E-state index contributed by atoms with van der Waals surface area (Å²) in [6, 6.07) is 0. The minimum atomic E-state index is 0.702. The smallest absolute Gasteiger partial charge is 0.129 e. The number of rotatable bonds is 1. The quantitative estimate of drug-likeness (QED) is 0.632. The van der Waals surface area contributed by atoms with Crippen LogP contribution in [0.3, 0.4) is 0 Å². The third-order valence-electron chi connectivity index (χ3n) is 2.20. The molecule has 3 heteroatoms. The summed E-state index contributed by atoms with van der Waals surface area (Å²) in [6.07, 6.45) is 2.57. The molecule has 0 unspecified atom stereocenters. The van der Waals surface area contributed by atoms with E-state index in [9.17, 15) is 0 Å². The third kappa shape index (κ3) is 1.06. The molecule has 0 aliphatic heterocycles. The highest BCUT2D eigenvalue weighted by Gasteiger charge is 2.29. The molecule has 2 nitrogen and oxygen atoms in total. The second-order valence-electron chi connectivity index (χ2n) is 3.20. The molecule has 0 bridgehead atoms. The minimum absolute atomic E-state index is 0.702. The van der Waals surface area contributed by atoms with E-state index in [0.29, 0.717) is 5.92 Å². The van der Waals surface area contributed by atoms with Crippen LogP contribution in [0.15, 0.2) is 0 Å². The zero-order chi connectivity index (χ0) is 8.01. The van der Waals surface area contributed by atoms with Crippen LogP contribution in [0.1, 0.15) is 30.0 Å². The Kier molecular flexibility index (Phi) is 1.46. The van der Waals surface area contributed by atoms with Gasteiger partial charge in [0, 0.05) is 18.5 Å². The fourth-order valence-electron chi connectivity index (χ4n) is 1.37. The van der Waals surface area contributed by atoms with Crippen molar-refractivity contribution in [1.82, 2.24) is 9.78 Å². The Morgan fingerprint density at radius 1 is 1.55 bits per heavy atom. The van der Waals surface area contributed by atoms with Gasteiger partial charge in [-0.3, -0.25) is 4.68 Å². The molecule has 60 valence electrons. The van der Waals surface area contributed by atoms with E-state index >= 15 is 0 Å². The zero-order valence-electron chi connectivity index (χ0n) is 6.76. The molecule has 0 amide bonds. The van der Waals surface area contributed by atoms with Gasteiger partial charge in [-0.2, -0.15) is 5.10 Å². The molecule has 1 aromatic heterocycles. The van der Waals surface area contributed by atoms with Gasteiger partial charge >= 0.3 is 0 Å². The minimum Gasteiger partial charge on any atom is -0.257 e. The zero-order valence-corrected chi connectivity index (χ0v) is 7.52. The van der Waals surface area contributed by atoms with Crippen molar-refractivity contribution in [3.63, 3.8) is 0 Å². The second kappa shape index (κ2) is 2.24. The van der Waals surface area contributed by atoms with E-state index in [1.54, 1.807) is 4.68 Å². The Morgan fingerprint density at radius 3 is 2.55 bits per heavy atom. The summed E-state index contributed by atoms with van der Waals surface area (Å²) in [5.74, 6) is 0.702. The van der Waals surface area contributed by atoms with Gasteiger partial charge in [-0.05, 0) is 19.8 Å². The molecular formula is C8H11ClN2. The third-order valence-corrected chi connectivity index (χ3v) is 2.73. The van der Waals surface area contributed by atoms with Crippen LogP contribution in [0.25, 0.3) is 0 Å². The van der Waals surface area contributed by atoms with Gasteiger partial charge in [0.05, 0.1) is 5.69 Å². The van der Waals surface area contributed by atoms with Crippen LogP contribution in [-0.4, -0.2) is 9.78 Å². The molecule has 2 rings (SSSR count). The molecule has 1 heterocycles. The molecular weight excluding hydrogens is 160 g/mol. The number of hydrogen-bond donors (Lipinski definition) is 0. The lowest BCUT2D eigenvalue weighted by Crippen LogP contribution is -1.90. The van der Waals surface area contributed by atoms with Crippen molar-refractivity contribution in [2.24, 2.45) is 7.05 Å². The molecule has 0 saturated heterocycles. The van der Waals surface area contributed by atoms with Gasteiger partial charge in [0.25, 0.3) is 0 Å². The van der Waals surface area contributed by atoms with Gasteiger partial charge in [-0.15, -0.1) is 0 Å². The van der Waals surface area contributed by atoms with Crippen LogP contribution >= 0.6 is 11.6 Å². The first kappa shape index (κ1) is 7.17. The van der Waals surface area contributed by atoms with Crippen molar-refractivity contribution < 1.29 is 0 Å². The van der Waals surface area contributed by atoms with Crippen LogP contribution < -0.4 is 0 Å². The van der Waals surface area contributed by atoms with Crippen LogP contribution in [0.5, 0.6) is 0 Å². The standard InChI is InChI=1S/C8H11ClN2/c1-5-7(6-3-4-6)10-11(2)8(5)9/h6H,3-4H2,1-2H3. The van der Waals surface area contributed by atoms with Crippen molar-refractivity contribution in [2.75, 3.05) is 0 Å². The first-order chi connectivity index (χ1) is 5.20. The molecule has 0 radical (unpaired) electrons. The molecule has 0 aromatic carbocycles. The van der Waals surface area contributed by atoms with E-state index in [-0.39, 0.29) is 0 Å². The molecule has 11 heavy (non-hydrogen) atoms. The van der Waals surface area contributed by atoms with E-state index in [0.717, 1.165) is 10.7 Å². The lowest BCUT2D eigenvalue weighted by atomic mass is 10.2. The fraction of sp³-hybridized carbons (Fsp3) is 0.625. The Labute approximate surface area is 71.2 Å². The lowest BCUT2D eigenvalue weighted by Gasteiger charge is -1.89. The van der Waals surface area contributed by atoms with E-state index in [1.807, 2.05) is 14.0 Å². The van der Waals surface area contributed by atoms with Crippen molar-refractivity contribution in [3.8, 4) is 0 Å². The van der Waals surface area contributed by atoms with E-state index in [1.165, 1.54) is 18.5 Å². The van der Waals surface area contributed by atoms with Gasteiger partial charge in [0.2, 0.25) is 0 Å². The summed E-state index contributed by atoms with van der Waals surface area (Å²) in [5, 5.41) is 5.14. The van der Waals surface area contributed by atoms with Gasteiger partial charge in [0.15, 0.2) is 0 Å². The monoisotopic (exact) mass is 170 g/mol. The first-order valence-corrected chi connectivity index (χ1v) is 4.27. The van der Waals surface area contributed by atoms with Crippen LogP contribution in [0, 0.1) is 6.92 Å². The molecule has 1 aromatic rings. The molecule has 0 atom stereocenters. The van der Waals surface area contributed by atoms with E-state index in [2.05, 4.69) is 5.10 Å². The average Bonchev–Trinajstić information content (AvgIpc) is 2.76. The van der Waals surface area contributed by atoms with Crippen molar-refractivity contribution in [2.45, 2.75) is 25.7 Å². The van der Waals surface area contributed by atoms with Gasteiger partial charge in [0.1, 0.15) is 5.15 Å². The molecule has 1 aliphatic carbocycles. The summed E-state index contributed by atoms with van der Waals surface area (Å²) in [6.45, 7) is 2.04. The number of halogens is 1. The average molecular weight is 171 g/mol. The predicted octanol–water partition coefficient (Wildman–Crippen LogP) is 2.26. The summed E-state index contributed by atoms with van der Waals surface area (Å²) in [5.41, 5.74) is 2.37. The highest BCUT2D eigenvalue weighted by Crippen LogP contribution is 2.41. The van der Waals surface area contributed by atoms with Gasteiger partial charge < -0.3 is 0 Å². The van der Waals surface area contributed by atoms with E-state index < -0.39 is 0 Å². The van der Waals surface area contributed by atoms with Crippen molar-refractivity contribution in [3.05, 3.63) is 16.4 Å². The van der Waals surface area contributed by atoms with E-state index in [4.69, 9.17) is 11.6 Å². The number of aromatic nitrogens is 2. The predicted molar refractivity (Wildman–Crippen MR) is 44.9 cm³/mol. The van der Waals surface area contributed by atoms with Crippen molar-refractivity contribution in [1.29, 1.82) is 0 Å². The molecule has 1 aliphatic rings. The number of aryl methyl sites for hydroxylation is 1. The Balaban J connectivity index is 2.46. The second-order valence-corrected chi connectivity index (χ2v) is 3.56. The summed E-state index contributed by atoms with van der Waals surface area (Å²) >= 11 is 5.97. The summed E-state index contributed by atoms with van der Waals surface area (Å²) < 4.78 is 1.75. The SMILES string of the molecule is Cc1c(C2CC2)nn(C)c1Cl. The summed E-state index contributed by atoms with van der Waals surface area (Å²) in [7, 11) is 1.89. The Bertz CT molecular complexity index is 287. The lowest BCUT2D eigenvalue weighted by molar-refractivity contribution is 0.744. The molecule has 1 saturated carbocycles. The van der Waals surface area contributed by atoms with Crippen LogP contribution in [0.4, 0.5) is 0 Å². The fourth-order valence-corrected chi connectivity index (χ4v) is 1.51. The topological polar surface area (TPSA) is 17.8 Å². The number of nitrogens with zero attached hydrogens (tertiary/aromatic N) is 2. The normalized spacial score (nSPS) is 17.4. The highest BCUT2D eigenvalue weighted by molar-refractivity contribution is 6.30. The van der Waals surface area contributed by atoms with Crippen LogP contribution in [-0.2, 0) is 7.05 Å². The maximum Gasteiger partial charge on any atom is 0.129 e. The molecule has 0 N–H and O–H groups in total. The van der Waals surface area contributed by atoms with Crippen molar-refractivity contribution >= 4 is 11.6 Å².